The van der Waals surface area contributed by atoms with E-state index in [0.29, 0.717) is 42.3 Å². The fraction of sp³-hybridized carbons (Fsp3) is 0.333. The van der Waals surface area contributed by atoms with Crippen LogP contribution in [0.1, 0.15) is 12.3 Å². The Hall–Kier alpha value is -3.44. The second kappa shape index (κ2) is 8.97. The van der Waals surface area contributed by atoms with Gasteiger partial charge in [0.2, 0.25) is 17.6 Å². The first kappa shape index (κ1) is 20.5. The molecule has 1 saturated heterocycles. The van der Waals surface area contributed by atoms with Crippen LogP contribution in [0.3, 0.4) is 0 Å². The average molecular weight is 452 g/mol. The minimum atomic E-state index is -0.227. The highest BCUT2D eigenvalue weighted by Gasteiger charge is 2.23. The lowest BCUT2D eigenvalue weighted by Gasteiger charge is -2.34. The molecule has 4 heterocycles. The molecule has 11 heteroatoms. The molecule has 5 rings (SSSR count). The zero-order chi connectivity index (χ0) is 21.9. The summed E-state index contributed by atoms with van der Waals surface area (Å²) in [7, 11) is 0. The highest BCUT2D eigenvalue weighted by molar-refractivity contribution is 7.13. The second-order valence-corrected chi connectivity index (χ2v) is 8.48. The van der Waals surface area contributed by atoms with Crippen LogP contribution < -0.4 is 5.56 Å². The predicted octanol–water partition coefficient (Wildman–Crippen LogP) is 1.64. The lowest BCUT2D eigenvalue weighted by molar-refractivity contribution is -0.133. The largest absolute Gasteiger partial charge is 0.340 e. The number of aryl methyl sites for hydroxylation is 1. The monoisotopic (exact) mass is 451 g/mol. The summed E-state index contributed by atoms with van der Waals surface area (Å²) in [6.45, 7) is 3.44. The van der Waals surface area contributed by atoms with Crippen LogP contribution in [0.2, 0.25) is 0 Å². The standard InChI is InChI=1S/C21H21N7O3S/c29-19(7-8-28-21(30)15-4-1-2-5-16(15)23-25-28)27-11-9-26(10-12-27)14-18-22-20(24-31-18)17-6-3-13-32-17/h1-6,13H,7-12,14H2. The number of hydrogen-bond acceptors (Lipinski definition) is 9. The molecule has 3 aromatic heterocycles. The van der Waals surface area contributed by atoms with Crippen molar-refractivity contribution in [3.05, 3.63) is 58.0 Å². The van der Waals surface area contributed by atoms with Gasteiger partial charge in [0.05, 0.1) is 23.4 Å². The van der Waals surface area contributed by atoms with Gasteiger partial charge in [-0.15, -0.1) is 16.4 Å². The van der Waals surface area contributed by atoms with Crippen molar-refractivity contribution in [3.8, 4) is 10.7 Å². The molecule has 1 amide bonds. The van der Waals surface area contributed by atoms with Crippen LogP contribution in [-0.2, 0) is 17.9 Å². The number of benzene rings is 1. The number of fused-ring (bicyclic) bond motifs is 1. The molecule has 0 bridgehead atoms. The van der Waals surface area contributed by atoms with E-state index >= 15 is 0 Å². The molecule has 1 aromatic carbocycles. The first-order valence-electron chi connectivity index (χ1n) is 10.4. The Balaban J connectivity index is 1.12. The fourth-order valence-electron chi connectivity index (χ4n) is 3.70. The highest BCUT2D eigenvalue weighted by atomic mass is 32.1. The van der Waals surface area contributed by atoms with Crippen molar-refractivity contribution >= 4 is 28.1 Å². The molecule has 0 atom stereocenters. The molecule has 4 aromatic rings. The van der Waals surface area contributed by atoms with Crippen LogP contribution in [0.25, 0.3) is 21.6 Å². The number of hydrogen-bond donors (Lipinski definition) is 0. The summed E-state index contributed by atoms with van der Waals surface area (Å²) in [5.41, 5.74) is 0.328. The molecule has 0 radical (unpaired) electrons. The highest BCUT2D eigenvalue weighted by Crippen LogP contribution is 2.21. The lowest BCUT2D eigenvalue weighted by Crippen LogP contribution is -2.48. The van der Waals surface area contributed by atoms with Crippen molar-refractivity contribution < 1.29 is 9.32 Å². The molecule has 32 heavy (non-hydrogen) atoms. The van der Waals surface area contributed by atoms with E-state index in [1.165, 1.54) is 4.68 Å². The maximum Gasteiger partial charge on any atom is 0.277 e. The van der Waals surface area contributed by atoms with Gasteiger partial charge in [0, 0.05) is 32.6 Å². The maximum absolute atomic E-state index is 12.7. The number of carbonyl (C=O) groups is 1. The predicted molar refractivity (Wildman–Crippen MR) is 118 cm³/mol. The zero-order valence-corrected chi connectivity index (χ0v) is 18.1. The first-order valence-corrected chi connectivity index (χ1v) is 11.2. The van der Waals surface area contributed by atoms with E-state index in [2.05, 4.69) is 25.4 Å². The van der Waals surface area contributed by atoms with Gasteiger partial charge >= 0.3 is 0 Å². The summed E-state index contributed by atoms with van der Waals surface area (Å²) in [6.07, 6.45) is 0.209. The number of nitrogens with zero attached hydrogens (tertiary/aromatic N) is 7. The minimum absolute atomic E-state index is 0.00396. The van der Waals surface area contributed by atoms with Crippen LogP contribution in [0.4, 0.5) is 0 Å². The Morgan fingerprint density at radius 1 is 1.09 bits per heavy atom. The van der Waals surface area contributed by atoms with Gasteiger partial charge in [0.15, 0.2) is 0 Å². The average Bonchev–Trinajstić information content (AvgIpc) is 3.51. The Kier molecular flexibility index (Phi) is 5.73. The van der Waals surface area contributed by atoms with Gasteiger partial charge < -0.3 is 9.42 Å². The summed E-state index contributed by atoms with van der Waals surface area (Å²) < 4.78 is 6.63. The van der Waals surface area contributed by atoms with Gasteiger partial charge in [-0.25, -0.2) is 4.68 Å². The van der Waals surface area contributed by atoms with Gasteiger partial charge in [-0.05, 0) is 23.6 Å². The van der Waals surface area contributed by atoms with E-state index in [1.54, 1.807) is 29.5 Å². The molecule has 164 valence electrons. The molecular weight excluding hydrogens is 430 g/mol. The fourth-order valence-corrected chi connectivity index (χ4v) is 4.35. The maximum atomic E-state index is 12.7. The van der Waals surface area contributed by atoms with E-state index < -0.39 is 0 Å². The van der Waals surface area contributed by atoms with Crippen molar-refractivity contribution in [2.45, 2.75) is 19.5 Å². The molecule has 0 spiro atoms. The Morgan fingerprint density at radius 3 is 2.75 bits per heavy atom. The molecule has 1 aliphatic heterocycles. The number of piperazine rings is 1. The summed E-state index contributed by atoms with van der Waals surface area (Å²) in [4.78, 5) is 34.6. The normalized spacial score (nSPS) is 14.8. The SMILES string of the molecule is O=C(CCn1nnc2ccccc2c1=O)N1CCN(Cc2nc(-c3cccs3)no2)CC1. The van der Waals surface area contributed by atoms with Crippen LogP contribution in [-0.4, -0.2) is 67.0 Å². The molecule has 0 unspecified atom stereocenters. The number of thiophene rings is 1. The van der Waals surface area contributed by atoms with E-state index in [0.717, 1.165) is 18.0 Å². The summed E-state index contributed by atoms with van der Waals surface area (Å²) in [6, 6.07) is 11.0. The quantitative estimate of drug-likeness (QED) is 0.435. The Bertz CT molecular complexity index is 1280. The number of amides is 1. The molecule has 0 N–H and O–H groups in total. The van der Waals surface area contributed by atoms with Crippen molar-refractivity contribution in [2.75, 3.05) is 26.2 Å². The summed E-state index contributed by atoms with van der Waals surface area (Å²) in [5, 5.41) is 14.5. The number of carbonyl (C=O) groups excluding carboxylic acids is 1. The van der Waals surface area contributed by atoms with Gasteiger partial charge in [-0.3, -0.25) is 14.5 Å². The third-order valence-electron chi connectivity index (χ3n) is 5.46. The first-order chi connectivity index (χ1) is 15.7. The summed E-state index contributed by atoms with van der Waals surface area (Å²) in [5.74, 6) is 1.18. The zero-order valence-electron chi connectivity index (χ0n) is 17.3. The van der Waals surface area contributed by atoms with Crippen LogP contribution in [0.5, 0.6) is 0 Å². The Morgan fingerprint density at radius 2 is 1.94 bits per heavy atom. The van der Waals surface area contributed by atoms with Crippen LogP contribution >= 0.6 is 11.3 Å². The van der Waals surface area contributed by atoms with Crippen molar-refractivity contribution in [1.29, 1.82) is 0 Å². The number of aromatic nitrogens is 5. The van der Waals surface area contributed by atoms with Crippen LogP contribution in [0.15, 0.2) is 51.1 Å². The third kappa shape index (κ3) is 4.30. The van der Waals surface area contributed by atoms with E-state index in [4.69, 9.17) is 4.52 Å². The van der Waals surface area contributed by atoms with Gasteiger partial charge in [0.1, 0.15) is 5.52 Å². The number of rotatable bonds is 6. The molecule has 10 nitrogen and oxygen atoms in total. The lowest BCUT2D eigenvalue weighted by atomic mass is 10.2. The topological polar surface area (TPSA) is 110 Å². The second-order valence-electron chi connectivity index (χ2n) is 7.53. The third-order valence-corrected chi connectivity index (χ3v) is 6.33. The molecule has 1 fully saturated rings. The van der Waals surface area contributed by atoms with Crippen molar-refractivity contribution in [1.82, 2.24) is 34.9 Å². The van der Waals surface area contributed by atoms with E-state index in [1.807, 2.05) is 28.5 Å². The Labute approximate surface area is 187 Å². The molecule has 1 aliphatic rings. The van der Waals surface area contributed by atoms with Gasteiger partial charge in [-0.2, -0.15) is 4.98 Å². The molecular formula is C21H21N7O3S. The molecule has 0 aliphatic carbocycles. The minimum Gasteiger partial charge on any atom is -0.340 e. The van der Waals surface area contributed by atoms with Gasteiger partial charge in [-0.1, -0.05) is 28.6 Å². The van der Waals surface area contributed by atoms with E-state index in [9.17, 15) is 9.59 Å². The molecule has 0 saturated carbocycles. The van der Waals surface area contributed by atoms with Crippen molar-refractivity contribution in [2.24, 2.45) is 0 Å². The van der Waals surface area contributed by atoms with Crippen molar-refractivity contribution in [3.63, 3.8) is 0 Å². The smallest absolute Gasteiger partial charge is 0.277 e. The van der Waals surface area contributed by atoms with Crippen LogP contribution in [0, 0.1) is 0 Å². The summed E-state index contributed by atoms with van der Waals surface area (Å²) >= 11 is 1.57. The van der Waals surface area contributed by atoms with E-state index in [-0.39, 0.29) is 24.4 Å². The van der Waals surface area contributed by atoms with Gasteiger partial charge in [0.25, 0.3) is 5.56 Å².